The SMILES string of the molecule is CC=CC(Cl)(Cl)N(C)C. The molecule has 0 heterocycles. The number of rotatable bonds is 2. The van der Waals surface area contributed by atoms with Crippen molar-refractivity contribution in [2.45, 2.75) is 11.4 Å². The van der Waals surface area contributed by atoms with Crippen molar-refractivity contribution in [1.82, 2.24) is 4.90 Å². The summed E-state index contributed by atoms with van der Waals surface area (Å²) in [6.07, 6.45) is 3.54. The highest BCUT2D eigenvalue weighted by Gasteiger charge is 2.21. The Balaban J connectivity index is 4.01. The molecule has 54 valence electrons. The Hall–Kier alpha value is 0.280. The number of likely N-dealkylation sites (N-methyl/N-ethyl adjacent to an activating group) is 1. The largest absolute Gasteiger partial charge is 0.275 e. The second-order valence-electron chi connectivity index (χ2n) is 1.98. The first-order chi connectivity index (χ1) is 4.00. The van der Waals surface area contributed by atoms with Crippen LogP contribution < -0.4 is 0 Å². The van der Waals surface area contributed by atoms with E-state index in [9.17, 15) is 0 Å². The lowest BCUT2D eigenvalue weighted by molar-refractivity contribution is 0.386. The molecule has 0 radical (unpaired) electrons. The van der Waals surface area contributed by atoms with Crippen molar-refractivity contribution in [3.05, 3.63) is 12.2 Å². The number of hydrogen-bond acceptors (Lipinski definition) is 1. The van der Waals surface area contributed by atoms with Crippen LogP contribution in [0.1, 0.15) is 6.92 Å². The van der Waals surface area contributed by atoms with Gasteiger partial charge >= 0.3 is 0 Å². The summed E-state index contributed by atoms with van der Waals surface area (Å²) in [6.45, 7) is 1.88. The minimum Gasteiger partial charge on any atom is -0.275 e. The molecule has 0 aliphatic carbocycles. The topological polar surface area (TPSA) is 3.24 Å². The zero-order valence-electron chi connectivity index (χ0n) is 5.86. The van der Waals surface area contributed by atoms with Crippen molar-refractivity contribution in [1.29, 1.82) is 0 Å². The van der Waals surface area contributed by atoms with Gasteiger partial charge in [0.05, 0.1) is 0 Å². The lowest BCUT2D eigenvalue weighted by Crippen LogP contribution is -2.30. The van der Waals surface area contributed by atoms with Gasteiger partial charge in [-0.25, -0.2) is 0 Å². The molecule has 0 atom stereocenters. The van der Waals surface area contributed by atoms with Gasteiger partial charge in [0.2, 0.25) is 0 Å². The molecule has 0 fully saturated rings. The van der Waals surface area contributed by atoms with Gasteiger partial charge in [0.25, 0.3) is 0 Å². The molecule has 0 aliphatic heterocycles. The zero-order valence-corrected chi connectivity index (χ0v) is 7.37. The van der Waals surface area contributed by atoms with Crippen LogP contribution in [-0.2, 0) is 0 Å². The first-order valence-corrected chi connectivity index (χ1v) is 3.45. The minimum atomic E-state index is -0.852. The maximum absolute atomic E-state index is 5.78. The summed E-state index contributed by atoms with van der Waals surface area (Å²) in [4.78, 5) is 1.72. The van der Waals surface area contributed by atoms with Gasteiger partial charge < -0.3 is 0 Å². The van der Waals surface area contributed by atoms with E-state index in [1.54, 1.807) is 11.0 Å². The summed E-state index contributed by atoms with van der Waals surface area (Å²) in [7, 11) is 3.64. The molecule has 0 bridgehead atoms. The summed E-state index contributed by atoms with van der Waals surface area (Å²) in [6, 6.07) is 0. The Kier molecular flexibility index (Phi) is 3.56. The van der Waals surface area contributed by atoms with Crippen molar-refractivity contribution in [2.24, 2.45) is 0 Å². The average Bonchev–Trinajstić information content (AvgIpc) is 1.65. The molecule has 3 heteroatoms. The van der Waals surface area contributed by atoms with Crippen molar-refractivity contribution < 1.29 is 0 Å². The number of alkyl halides is 2. The van der Waals surface area contributed by atoms with Crippen LogP contribution in [0.2, 0.25) is 0 Å². The molecule has 0 amide bonds. The zero-order chi connectivity index (χ0) is 7.49. The molecule has 0 aromatic rings. The van der Waals surface area contributed by atoms with Crippen LogP contribution in [0.25, 0.3) is 0 Å². The second-order valence-corrected chi connectivity index (χ2v) is 3.33. The summed E-state index contributed by atoms with van der Waals surface area (Å²) in [5.41, 5.74) is 0. The normalized spacial score (nSPS) is 13.6. The summed E-state index contributed by atoms with van der Waals surface area (Å²) < 4.78 is -0.852. The third-order valence-electron chi connectivity index (χ3n) is 0.963. The Morgan fingerprint density at radius 2 is 1.78 bits per heavy atom. The molecular formula is C6H11Cl2N. The summed E-state index contributed by atoms with van der Waals surface area (Å²) in [5, 5.41) is 0. The van der Waals surface area contributed by atoms with E-state index in [4.69, 9.17) is 23.2 Å². The van der Waals surface area contributed by atoms with Crippen LogP contribution in [0.3, 0.4) is 0 Å². The smallest absolute Gasteiger partial charge is 0.189 e. The van der Waals surface area contributed by atoms with E-state index in [1.165, 1.54) is 0 Å². The van der Waals surface area contributed by atoms with Gasteiger partial charge in [0, 0.05) is 0 Å². The Bertz CT molecular complexity index is 108. The van der Waals surface area contributed by atoms with E-state index in [1.807, 2.05) is 27.1 Å². The molecule has 0 aromatic heterocycles. The maximum atomic E-state index is 5.78. The van der Waals surface area contributed by atoms with E-state index in [0.717, 1.165) is 0 Å². The summed E-state index contributed by atoms with van der Waals surface area (Å²) in [5.74, 6) is 0. The molecule has 0 saturated carbocycles. The van der Waals surface area contributed by atoms with Crippen molar-refractivity contribution in [3.63, 3.8) is 0 Å². The highest BCUT2D eigenvalue weighted by Crippen LogP contribution is 2.24. The van der Waals surface area contributed by atoms with E-state index >= 15 is 0 Å². The fraction of sp³-hybridized carbons (Fsp3) is 0.667. The monoisotopic (exact) mass is 167 g/mol. The van der Waals surface area contributed by atoms with Crippen molar-refractivity contribution in [3.8, 4) is 0 Å². The fourth-order valence-electron chi connectivity index (χ4n) is 0.350. The van der Waals surface area contributed by atoms with Crippen LogP contribution in [0, 0.1) is 0 Å². The lowest BCUT2D eigenvalue weighted by atomic mass is 10.5. The standard InChI is InChI=1S/C6H11Cl2N/c1-4-5-6(7,8)9(2)3/h4-5H,1-3H3. The van der Waals surface area contributed by atoms with Crippen molar-refractivity contribution >= 4 is 23.2 Å². The number of halogens is 2. The highest BCUT2D eigenvalue weighted by atomic mass is 35.5. The number of allylic oxidation sites excluding steroid dienone is 1. The molecule has 0 rings (SSSR count). The average molecular weight is 168 g/mol. The summed E-state index contributed by atoms with van der Waals surface area (Å²) >= 11 is 11.6. The predicted molar refractivity (Wildman–Crippen MR) is 42.9 cm³/mol. The molecule has 9 heavy (non-hydrogen) atoms. The van der Waals surface area contributed by atoms with Gasteiger partial charge in [-0.3, -0.25) is 4.90 Å². The molecular weight excluding hydrogens is 157 g/mol. The number of hydrogen-bond donors (Lipinski definition) is 0. The second kappa shape index (κ2) is 3.45. The third-order valence-corrected chi connectivity index (χ3v) is 1.89. The molecule has 0 saturated heterocycles. The minimum absolute atomic E-state index is 0.852. The predicted octanol–water partition coefficient (Wildman–Crippen LogP) is 2.26. The van der Waals surface area contributed by atoms with Crippen LogP contribution in [0.4, 0.5) is 0 Å². The van der Waals surface area contributed by atoms with Gasteiger partial charge in [-0.05, 0) is 27.1 Å². The van der Waals surface area contributed by atoms with Crippen LogP contribution in [0.15, 0.2) is 12.2 Å². The molecule has 0 spiro atoms. The molecule has 1 nitrogen and oxygen atoms in total. The quantitative estimate of drug-likeness (QED) is 0.347. The highest BCUT2D eigenvalue weighted by molar-refractivity contribution is 6.49. The van der Waals surface area contributed by atoms with Crippen LogP contribution in [-0.4, -0.2) is 23.5 Å². The third kappa shape index (κ3) is 3.09. The van der Waals surface area contributed by atoms with Gasteiger partial charge in [-0.1, -0.05) is 29.3 Å². The fourth-order valence-corrected chi connectivity index (χ4v) is 0.602. The van der Waals surface area contributed by atoms with E-state index in [2.05, 4.69) is 0 Å². The van der Waals surface area contributed by atoms with Gasteiger partial charge in [-0.2, -0.15) is 0 Å². The first kappa shape index (κ1) is 9.28. The number of nitrogens with zero attached hydrogens (tertiary/aromatic N) is 1. The Labute approximate surface area is 66.2 Å². The molecule has 0 aliphatic rings. The van der Waals surface area contributed by atoms with Gasteiger partial charge in [-0.15, -0.1) is 0 Å². The molecule has 0 unspecified atom stereocenters. The van der Waals surface area contributed by atoms with Crippen LogP contribution in [0.5, 0.6) is 0 Å². The first-order valence-electron chi connectivity index (χ1n) is 2.70. The maximum Gasteiger partial charge on any atom is 0.189 e. The van der Waals surface area contributed by atoms with E-state index < -0.39 is 4.46 Å². The molecule has 0 aromatic carbocycles. The lowest BCUT2D eigenvalue weighted by Gasteiger charge is -2.22. The Morgan fingerprint density at radius 1 is 1.33 bits per heavy atom. The van der Waals surface area contributed by atoms with E-state index in [0.29, 0.717) is 0 Å². The van der Waals surface area contributed by atoms with Crippen molar-refractivity contribution in [2.75, 3.05) is 14.1 Å². The van der Waals surface area contributed by atoms with Gasteiger partial charge in [0.15, 0.2) is 4.46 Å². The molecule has 0 N–H and O–H groups in total. The van der Waals surface area contributed by atoms with Gasteiger partial charge in [0.1, 0.15) is 0 Å². The Morgan fingerprint density at radius 3 is 1.89 bits per heavy atom. The van der Waals surface area contributed by atoms with E-state index in [-0.39, 0.29) is 0 Å². The van der Waals surface area contributed by atoms with Crippen LogP contribution >= 0.6 is 23.2 Å².